The first kappa shape index (κ1) is 13.4. The predicted octanol–water partition coefficient (Wildman–Crippen LogP) is 0.767. The first-order valence-corrected chi connectivity index (χ1v) is 7.53. The van der Waals surface area contributed by atoms with Crippen LogP contribution in [0.5, 0.6) is 0 Å². The molecule has 6 heteroatoms. The Balaban J connectivity index is 1.61. The molecule has 2 aliphatic heterocycles. The molecule has 3 rings (SSSR count). The fourth-order valence-electron chi connectivity index (χ4n) is 3.35. The van der Waals surface area contributed by atoms with E-state index in [1.165, 1.54) is 6.42 Å². The van der Waals surface area contributed by atoms with Crippen molar-refractivity contribution in [2.45, 2.75) is 50.5 Å². The van der Waals surface area contributed by atoms with Gasteiger partial charge in [0.25, 0.3) is 5.91 Å². The Hall–Kier alpha value is -1.59. The van der Waals surface area contributed by atoms with E-state index in [1.807, 2.05) is 4.90 Å². The van der Waals surface area contributed by atoms with Crippen LogP contribution in [0.4, 0.5) is 4.79 Å². The largest absolute Gasteiger partial charge is 0.343 e. The molecular formula is C14H21N3O3. The Morgan fingerprint density at radius 2 is 1.90 bits per heavy atom. The fourth-order valence-corrected chi connectivity index (χ4v) is 3.35. The van der Waals surface area contributed by atoms with Gasteiger partial charge in [0, 0.05) is 19.5 Å². The molecule has 3 fully saturated rings. The number of rotatable bonds is 4. The Morgan fingerprint density at radius 1 is 1.20 bits per heavy atom. The molecule has 0 bridgehead atoms. The van der Waals surface area contributed by atoms with E-state index in [0.717, 1.165) is 38.8 Å². The molecule has 2 saturated heterocycles. The molecule has 0 aromatic carbocycles. The minimum atomic E-state index is -0.831. The number of likely N-dealkylation sites (tertiary alicyclic amines) is 1. The minimum absolute atomic E-state index is 0.110. The molecule has 0 spiro atoms. The molecule has 1 aliphatic carbocycles. The zero-order valence-corrected chi connectivity index (χ0v) is 11.6. The summed E-state index contributed by atoms with van der Waals surface area (Å²) in [7, 11) is 0. The van der Waals surface area contributed by atoms with Crippen LogP contribution >= 0.6 is 0 Å². The van der Waals surface area contributed by atoms with Gasteiger partial charge in [0.05, 0.1) is 0 Å². The quantitative estimate of drug-likeness (QED) is 0.746. The monoisotopic (exact) mass is 279 g/mol. The third kappa shape index (κ3) is 2.39. The van der Waals surface area contributed by atoms with E-state index >= 15 is 0 Å². The van der Waals surface area contributed by atoms with E-state index in [1.54, 1.807) is 0 Å². The van der Waals surface area contributed by atoms with E-state index in [9.17, 15) is 14.4 Å². The van der Waals surface area contributed by atoms with E-state index < -0.39 is 11.6 Å². The van der Waals surface area contributed by atoms with Crippen molar-refractivity contribution in [3.8, 4) is 0 Å². The van der Waals surface area contributed by atoms with Gasteiger partial charge in [0.2, 0.25) is 5.91 Å². The van der Waals surface area contributed by atoms with Crippen LogP contribution in [0.3, 0.4) is 0 Å². The second-order valence-corrected chi connectivity index (χ2v) is 6.10. The van der Waals surface area contributed by atoms with Crippen LogP contribution in [-0.4, -0.2) is 41.4 Å². The van der Waals surface area contributed by atoms with Crippen molar-refractivity contribution >= 4 is 17.8 Å². The molecule has 1 saturated carbocycles. The summed E-state index contributed by atoms with van der Waals surface area (Å²) in [4.78, 5) is 37.6. The lowest BCUT2D eigenvalue weighted by molar-refractivity contribution is -0.133. The van der Waals surface area contributed by atoms with Gasteiger partial charge in [0.1, 0.15) is 5.54 Å². The molecule has 0 radical (unpaired) electrons. The summed E-state index contributed by atoms with van der Waals surface area (Å²) in [5.41, 5.74) is -0.831. The van der Waals surface area contributed by atoms with Gasteiger partial charge in [0.15, 0.2) is 0 Å². The smallest absolute Gasteiger partial charge is 0.322 e. The molecule has 2 heterocycles. The van der Waals surface area contributed by atoms with Crippen LogP contribution in [-0.2, 0) is 9.59 Å². The lowest BCUT2D eigenvalue weighted by atomic mass is 9.87. The third-order valence-corrected chi connectivity index (χ3v) is 4.69. The molecule has 0 aromatic heterocycles. The van der Waals surface area contributed by atoms with Crippen LogP contribution < -0.4 is 10.6 Å². The summed E-state index contributed by atoms with van der Waals surface area (Å²) in [6.07, 6.45) is 5.98. The highest BCUT2D eigenvalue weighted by atomic mass is 16.2. The normalized spacial score (nSPS) is 30.1. The van der Waals surface area contributed by atoms with Gasteiger partial charge in [-0.3, -0.25) is 14.9 Å². The summed E-state index contributed by atoms with van der Waals surface area (Å²) in [5, 5.41) is 5.09. The van der Waals surface area contributed by atoms with Crippen LogP contribution in [0, 0.1) is 5.92 Å². The van der Waals surface area contributed by atoms with Crippen LogP contribution in [0.25, 0.3) is 0 Å². The summed E-state index contributed by atoms with van der Waals surface area (Å²) in [6, 6.07) is -0.424. The molecule has 1 unspecified atom stereocenters. The second-order valence-electron chi connectivity index (χ2n) is 6.10. The lowest BCUT2D eigenvalue weighted by Crippen LogP contribution is -2.50. The van der Waals surface area contributed by atoms with Crippen molar-refractivity contribution < 1.29 is 14.4 Å². The van der Waals surface area contributed by atoms with Crippen LogP contribution in [0.15, 0.2) is 0 Å². The highest BCUT2D eigenvalue weighted by Gasteiger charge is 2.55. The first-order chi connectivity index (χ1) is 9.62. The van der Waals surface area contributed by atoms with Gasteiger partial charge in [-0.1, -0.05) is 0 Å². The average Bonchev–Trinajstić information content (AvgIpc) is 3.25. The number of hydrogen-bond acceptors (Lipinski definition) is 3. The molecule has 3 aliphatic rings. The maximum atomic E-state index is 12.2. The molecule has 1 atom stereocenters. The maximum Gasteiger partial charge on any atom is 0.322 e. The Labute approximate surface area is 118 Å². The molecule has 20 heavy (non-hydrogen) atoms. The van der Waals surface area contributed by atoms with Crippen molar-refractivity contribution in [2.75, 3.05) is 13.1 Å². The maximum absolute atomic E-state index is 12.2. The number of carbonyl (C=O) groups excluding carboxylic acids is 3. The number of amides is 4. The Bertz CT molecular complexity index is 441. The standard InChI is InChI=1S/C14H21N3O3/c18-11(17-8-2-1-3-9-17)6-7-14(10-4-5-10)12(19)15-13(20)16-14/h10H,1-9H2,(H2,15,16,19,20). The highest BCUT2D eigenvalue weighted by molar-refractivity contribution is 6.07. The molecule has 2 N–H and O–H groups in total. The summed E-state index contributed by atoms with van der Waals surface area (Å²) in [6.45, 7) is 1.65. The van der Waals surface area contributed by atoms with Crippen molar-refractivity contribution in [1.82, 2.24) is 15.5 Å². The van der Waals surface area contributed by atoms with Crippen LogP contribution in [0.2, 0.25) is 0 Å². The summed E-state index contributed by atoms with van der Waals surface area (Å²) < 4.78 is 0. The number of nitrogens with zero attached hydrogens (tertiary/aromatic N) is 1. The molecule has 110 valence electrons. The zero-order chi connectivity index (χ0) is 14.2. The van der Waals surface area contributed by atoms with Gasteiger partial charge in [-0.05, 0) is 44.4 Å². The van der Waals surface area contributed by atoms with Crippen LogP contribution in [0.1, 0.15) is 44.9 Å². The van der Waals surface area contributed by atoms with Gasteiger partial charge in [-0.2, -0.15) is 0 Å². The highest BCUT2D eigenvalue weighted by Crippen LogP contribution is 2.43. The van der Waals surface area contributed by atoms with E-state index in [4.69, 9.17) is 0 Å². The topological polar surface area (TPSA) is 78.5 Å². The molecule has 0 aromatic rings. The van der Waals surface area contributed by atoms with Crippen molar-refractivity contribution in [3.63, 3.8) is 0 Å². The van der Waals surface area contributed by atoms with E-state index in [2.05, 4.69) is 10.6 Å². The number of nitrogens with one attached hydrogen (secondary N) is 2. The second kappa shape index (κ2) is 5.07. The minimum Gasteiger partial charge on any atom is -0.343 e. The Morgan fingerprint density at radius 3 is 2.45 bits per heavy atom. The van der Waals surface area contributed by atoms with Crippen molar-refractivity contribution in [2.24, 2.45) is 5.92 Å². The van der Waals surface area contributed by atoms with Crippen molar-refractivity contribution in [3.05, 3.63) is 0 Å². The molecule has 6 nitrogen and oxygen atoms in total. The van der Waals surface area contributed by atoms with Gasteiger partial charge in [-0.15, -0.1) is 0 Å². The van der Waals surface area contributed by atoms with E-state index in [0.29, 0.717) is 12.8 Å². The third-order valence-electron chi connectivity index (χ3n) is 4.69. The average molecular weight is 279 g/mol. The summed E-state index contributed by atoms with van der Waals surface area (Å²) >= 11 is 0. The van der Waals surface area contributed by atoms with Gasteiger partial charge in [-0.25, -0.2) is 4.79 Å². The van der Waals surface area contributed by atoms with E-state index in [-0.39, 0.29) is 17.7 Å². The number of urea groups is 1. The fraction of sp³-hybridized carbons (Fsp3) is 0.786. The Kier molecular flexibility index (Phi) is 3.40. The lowest BCUT2D eigenvalue weighted by Gasteiger charge is -2.30. The number of imide groups is 1. The van der Waals surface area contributed by atoms with Gasteiger partial charge < -0.3 is 10.2 Å². The predicted molar refractivity (Wildman–Crippen MR) is 71.8 cm³/mol. The zero-order valence-electron chi connectivity index (χ0n) is 11.6. The van der Waals surface area contributed by atoms with Gasteiger partial charge >= 0.3 is 6.03 Å². The molecule has 4 amide bonds. The number of carbonyl (C=O) groups is 3. The number of piperidine rings is 1. The first-order valence-electron chi connectivity index (χ1n) is 7.53. The molecular weight excluding hydrogens is 258 g/mol. The number of hydrogen-bond donors (Lipinski definition) is 2. The SMILES string of the molecule is O=C1NC(=O)C(CCC(=O)N2CCCCC2)(C2CC2)N1. The summed E-state index contributed by atoms with van der Waals surface area (Å²) in [5.74, 6) is 0.0539. The van der Waals surface area contributed by atoms with Crippen molar-refractivity contribution in [1.29, 1.82) is 0 Å².